The van der Waals surface area contributed by atoms with Gasteiger partial charge in [-0.2, -0.15) is 0 Å². The average molecular weight is 270 g/mol. The largest absolute Gasteiger partial charge is 0.469 e. The molecular weight excluding hydrogens is 251 g/mol. The normalized spacial score (nSPS) is 13.4. The van der Waals surface area contributed by atoms with Gasteiger partial charge in [-0.25, -0.2) is 4.57 Å². The van der Waals surface area contributed by atoms with Crippen molar-refractivity contribution in [3.8, 4) is 0 Å². The van der Waals surface area contributed by atoms with Crippen LogP contribution in [0.2, 0.25) is 0 Å². The maximum atomic E-state index is 11.2. The second-order valence-corrected chi connectivity index (χ2v) is 4.78. The predicted octanol–water partition coefficient (Wildman–Crippen LogP) is 0.580. The van der Waals surface area contributed by atoms with Crippen LogP contribution >= 0.6 is 7.82 Å². The van der Waals surface area contributed by atoms with E-state index in [0.717, 1.165) is 12.8 Å². The van der Waals surface area contributed by atoms with Crippen LogP contribution in [0, 0.1) is 0 Å². The molecule has 0 aromatic heterocycles. The molecule has 0 aliphatic heterocycles. The average Bonchev–Trinajstić information content (AvgIpc) is 2.23. The van der Waals surface area contributed by atoms with Crippen molar-refractivity contribution in [2.75, 3.05) is 13.2 Å². The molecule has 0 aliphatic carbocycles. The Bertz CT molecular complexity index is 262. The van der Waals surface area contributed by atoms with Crippen molar-refractivity contribution in [1.29, 1.82) is 0 Å². The molecule has 0 bridgehead atoms. The minimum absolute atomic E-state index is 0.222. The van der Waals surface area contributed by atoms with Crippen LogP contribution in [-0.2, 0) is 18.6 Å². The molecule has 0 amide bonds. The fourth-order valence-corrected chi connectivity index (χ4v) is 1.43. The number of aliphatic hydroxyl groups excluding tert-OH is 1. The zero-order valence-electron chi connectivity index (χ0n) is 9.74. The van der Waals surface area contributed by atoms with Gasteiger partial charge in [0.2, 0.25) is 0 Å². The number of ether oxygens (including phenoxy) is 1. The van der Waals surface area contributed by atoms with E-state index in [1.807, 2.05) is 6.92 Å². The second-order valence-electron chi connectivity index (χ2n) is 3.54. The molecule has 102 valence electrons. The van der Waals surface area contributed by atoms with Gasteiger partial charge in [-0.1, -0.05) is 19.8 Å². The van der Waals surface area contributed by atoms with Crippen molar-refractivity contribution in [1.82, 2.24) is 0 Å². The molecule has 8 heteroatoms. The summed E-state index contributed by atoms with van der Waals surface area (Å²) in [5, 5.41) is 8.83. The highest BCUT2D eigenvalue weighted by Crippen LogP contribution is 2.35. The molecule has 0 aromatic carbocycles. The minimum atomic E-state index is -4.60. The monoisotopic (exact) mass is 270 g/mol. The number of rotatable bonds is 9. The zero-order chi connectivity index (χ0) is 13.3. The molecule has 0 unspecified atom stereocenters. The number of carbonyl (C=O) groups is 1. The van der Waals surface area contributed by atoms with Gasteiger partial charge in [0, 0.05) is 6.42 Å². The van der Waals surface area contributed by atoms with Crippen LogP contribution in [0.1, 0.15) is 32.6 Å². The lowest BCUT2D eigenvalue weighted by atomic mass is 10.2. The Labute approximate surface area is 100.0 Å². The van der Waals surface area contributed by atoms with E-state index in [0.29, 0.717) is 6.42 Å². The third-order valence-electron chi connectivity index (χ3n) is 1.91. The van der Waals surface area contributed by atoms with E-state index in [4.69, 9.17) is 19.6 Å². The number of esters is 1. The number of aliphatic hydroxyl groups is 1. The standard InChI is InChI=1S/C9H19O7P/c1-2-3-4-5-9(11)16-8(6-10)7-15-17(12,13)14/h8,10H,2-7H2,1H3,(H2,12,13,14)/t8-/m1/s1. The molecule has 0 radical (unpaired) electrons. The third-order valence-corrected chi connectivity index (χ3v) is 2.40. The van der Waals surface area contributed by atoms with Crippen LogP contribution in [0.3, 0.4) is 0 Å². The summed E-state index contributed by atoms with van der Waals surface area (Å²) in [5.74, 6) is -0.508. The van der Waals surface area contributed by atoms with Crippen molar-refractivity contribution in [3.63, 3.8) is 0 Å². The molecule has 0 spiro atoms. The molecule has 3 N–H and O–H groups in total. The molecular formula is C9H19O7P. The lowest BCUT2D eigenvalue weighted by Crippen LogP contribution is -2.26. The molecule has 0 rings (SSSR count). The number of carbonyl (C=O) groups excluding carboxylic acids is 1. The molecule has 7 nitrogen and oxygen atoms in total. The van der Waals surface area contributed by atoms with E-state index >= 15 is 0 Å². The highest BCUT2D eigenvalue weighted by Gasteiger charge is 2.20. The topological polar surface area (TPSA) is 113 Å². The summed E-state index contributed by atoms with van der Waals surface area (Å²) in [5.41, 5.74) is 0. The summed E-state index contributed by atoms with van der Waals surface area (Å²) in [4.78, 5) is 28.1. The summed E-state index contributed by atoms with van der Waals surface area (Å²) >= 11 is 0. The minimum Gasteiger partial charge on any atom is -0.457 e. The summed E-state index contributed by atoms with van der Waals surface area (Å²) < 4.78 is 19.3. The lowest BCUT2D eigenvalue weighted by molar-refractivity contribution is -0.153. The van der Waals surface area contributed by atoms with E-state index in [-0.39, 0.29) is 6.42 Å². The number of hydrogen-bond donors (Lipinski definition) is 3. The van der Waals surface area contributed by atoms with Gasteiger partial charge in [0.25, 0.3) is 0 Å². The van der Waals surface area contributed by atoms with E-state index in [1.54, 1.807) is 0 Å². The van der Waals surface area contributed by atoms with Gasteiger partial charge in [-0.05, 0) is 6.42 Å². The number of hydrogen-bond acceptors (Lipinski definition) is 5. The fraction of sp³-hybridized carbons (Fsp3) is 0.889. The smallest absolute Gasteiger partial charge is 0.457 e. The third kappa shape index (κ3) is 10.4. The highest BCUT2D eigenvalue weighted by atomic mass is 31.2. The maximum absolute atomic E-state index is 11.2. The SMILES string of the molecule is CCCCCC(=O)O[C@H](CO)COP(=O)(O)O. The van der Waals surface area contributed by atoms with Crippen LogP contribution in [0.15, 0.2) is 0 Å². The quantitative estimate of drug-likeness (QED) is 0.319. The zero-order valence-corrected chi connectivity index (χ0v) is 10.6. The number of unbranched alkanes of at least 4 members (excludes halogenated alkanes) is 2. The van der Waals surface area contributed by atoms with E-state index in [2.05, 4.69) is 4.52 Å². The van der Waals surface area contributed by atoms with Gasteiger partial charge >= 0.3 is 13.8 Å². The molecule has 1 atom stereocenters. The maximum Gasteiger partial charge on any atom is 0.469 e. The molecule has 0 heterocycles. The summed E-state index contributed by atoms with van der Waals surface area (Å²) in [6, 6.07) is 0. The van der Waals surface area contributed by atoms with Gasteiger partial charge in [0.15, 0.2) is 0 Å². The van der Waals surface area contributed by atoms with Gasteiger partial charge < -0.3 is 19.6 Å². The van der Waals surface area contributed by atoms with Crippen LogP contribution in [0.25, 0.3) is 0 Å². The molecule has 0 saturated carbocycles. The fourth-order valence-electron chi connectivity index (χ4n) is 1.07. The van der Waals surface area contributed by atoms with Crippen molar-refractivity contribution in [2.24, 2.45) is 0 Å². The second kappa shape index (κ2) is 8.60. The van der Waals surface area contributed by atoms with Crippen LogP contribution in [0.5, 0.6) is 0 Å². The van der Waals surface area contributed by atoms with Crippen molar-refractivity contribution >= 4 is 13.8 Å². The summed E-state index contributed by atoms with van der Waals surface area (Å²) in [6.45, 7) is 0.926. The van der Waals surface area contributed by atoms with Crippen molar-refractivity contribution in [3.05, 3.63) is 0 Å². The van der Waals surface area contributed by atoms with E-state index in [1.165, 1.54) is 0 Å². The Balaban J connectivity index is 3.87. The first-order valence-corrected chi connectivity index (χ1v) is 6.92. The van der Waals surface area contributed by atoms with E-state index in [9.17, 15) is 9.36 Å². The Morgan fingerprint density at radius 1 is 1.35 bits per heavy atom. The first-order valence-electron chi connectivity index (χ1n) is 5.39. The lowest BCUT2D eigenvalue weighted by Gasteiger charge is -2.15. The van der Waals surface area contributed by atoms with Crippen molar-refractivity contribution < 1.29 is 33.5 Å². The first kappa shape index (κ1) is 16.5. The molecule has 0 fully saturated rings. The summed E-state index contributed by atoms with van der Waals surface area (Å²) in [7, 11) is -4.60. The predicted molar refractivity (Wildman–Crippen MR) is 59.1 cm³/mol. The number of phosphoric ester groups is 1. The Kier molecular flexibility index (Phi) is 8.37. The van der Waals surface area contributed by atoms with Gasteiger partial charge in [0.05, 0.1) is 13.2 Å². The summed E-state index contributed by atoms with van der Waals surface area (Å²) in [6.07, 6.45) is 1.74. The van der Waals surface area contributed by atoms with E-state index < -0.39 is 33.1 Å². The van der Waals surface area contributed by atoms with Gasteiger partial charge in [0.1, 0.15) is 6.10 Å². The first-order chi connectivity index (χ1) is 7.89. The van der Waals surface area contributed by atoms with Gasteiger partial charge in [-0.15, -0.1) is 0 Å². The molecule has 0 aliphatic rings. The van der Waals surface area contributed by atoms with Crippen LogP contribution in [-0.4, -0.2) is 40.2 Å². The number of phosphoric acid groups is 1. The molecule has 17 heavy (non-hydrogen) atoms. The molecule has 0 saturated heterocycles. The Morgan fingerprint density at radius 2 is 2.00 bits per heavy atom. The molecule has 0 aromatic rings. The van der Waals surface area contributed by atoms with Crippen LogP contribution in [0.4, 0.5) is 0 Å². The Hall–Kier alpha value is -0.460. The van der Waals surface area contributed by atoms with Gasteiger partial charge in [-0.3, -0.25) is 9.32 Å². The van der Waals surface area contributed by atoms with Crippen LogP contribution < -0.4 is 0 Å². The van der Waals surface area contributed by atoms with Crippen molar-refractivity contribution in [2.45, 2.75) is 38.7 Å². The Morgan fingerprint density at radius 3 is 2.47 bits per heavy atom. The highest BCUT2D eigenvalue weighted by molar-refractivity contribution is 7.46.